The molecule has 0 aliphatic heterocycles. The van der Waals surface area contributed by atoms with E-state index in [0.29, 0.717) is 0 Å². The Morgan fingerprint density at radius 1 is 0.351 bits per heavy atom. The van der Waals surface area contributed by atoms with Crippen LogP contribution >= 0.6 is 0 Å². The summed E-state index contributed by atoms with van der Waals surface area (Å²) in [6.45, 7) is 14.0. The lowest BCUT2D eigenvalue weighted by Crippen LogP contribution is -2.27. The number of aryl methyl sites for hydroxylation is 1. The molecule has 74 heavy (non-hydrogen) atoms. The number of hydrogen-bond acceptors (Lipinski definition) is 1. The largest absolute Gasteiger partial charge is 0.310 e. The summed E-state index contributed by atoms with van der Waals surface area (Å²) in [6, 6.07) is 85.2. The van der Waals surface area contributed by atoms with E-state index in [2.05, 4.69) is 283 Å². The first kappa shape index (κ1) is 45.6. The smallest absolute Gasteiger partial charge is 0.0725 e. The highest BCUT2D eigenvalue weighted by Crippen LogP contribution is 2.64. The van der Waals surface area contributed by atoms with Crippen LogP contribution in [0.2, 0.25) is 0 Å². The molecule has 0 bridgehead atoms. The Hall–Kier alpha value is -8.26. The third kappa shape index (κ3) is 7.35. The van der Waals surface area contributed by atoms with Crippen molar-refractivity contribution in [3.05, 3.63) is 275 Å². The van der Waals surface area contributed by atoms with Crippen LogP contribution in [-0.4, -0.2) is 0 Å². The van der Waals surface area contributed by atoms with Crippen molar-refractivity contribution in [3.63, 3.8) is 0 Å². The minimum atomic E-state index is -0.489. The second kappa shape index (κ2) is 17.5. The lowest BCUT2D eigenvalue weighted by atomic mass is 9.69. The van der Waals surface area contributed by atoms with Crippen LogP contribution in [0.15, 0.2) is 231 Å². The number of allylic oxidation sites excluding steroid dienone is 1. The first-order valence-electron chi connectivity index (χ1n) is 26.5. The van der Waals surface area contributed by atoms with Gasteiger partial charge in [-0.05, 0) is 166 Å². The normalized spacial score (nSPS) is 13.8. The van der Waals surface area contributed by atoms with Crippen LogP contribution in [-0.2, 0) is 22.7 Å². The second-order valence-corrected chi connectivity index (χ2v) is 22.8. The fourth-order valence-electron chi connectivity index (χ4n) is 12.5. The molecule has 0 amide bonds. The van der Waals surface area contributed by atoms with Crippen LogP contribution in [0.3, 0.4) is 0 Å². The highest BCUT2D eigenvalue weighted by molar-refractivity contribution is 6.00. The number of para-hydroxylation sites is 1. The van der Waals surface area contributed by atoms with Gasteiger partial charge in [0, 0.05) is 16.9 Å². The molecule has 0 aromatic heterocycles. The number of rotatable bonds is 7. The van der Waals surface area contributed by atoms with Crippen LogP contribution in [0.25, 0.3) is 72.8 Å². The van der Waals surface area contributed by atoms with Gasteiger partial charge in [-0.1, -0.05) is 242 Å². The van der Waals surface area contributed by atoms with Gasteiger partial charge in [-0.15, -0.1) is 0 Å². The molecule has 0 saturated carbocycles. The number of anilines is 3. The summed E-state index contributed by atoms with van der Waals surface area (Å²) in [5, 5.41) is 0. The van der Waals surface area contributed by atoms with Crippen molar-refractivity contribution in [1.29, 1.82) is 0 Å². The lowest BCUT2D eigenvalue weighted by molar-refractivity contribution is 0.586. The standard InChI is InChI=1S/C73H61N/c1-71(2,3)53-36-41-62-63-42-37-54(72(4,5)6)46-69(63)73(68(62)45-53)66-30-18-16-28-61(66)65-47-56(40-43-67(65)73)74(55-38-34-49(35-39-55)52-33-32-48-20-10-11-23-51(48)44-52)70-31-19-17-29-64(70)60-27-15-14-26-59(60)58-25-13-12-24-57(58)50-21-8-7-9-22-50/h7-9,11-19,21-47H,10,20H2,1-6H3. The van der Waals surface area contributed by atoms with Gasteiger partial charge in [-0.3, -0.25) is 0 Å². The Labute approximate surface area is 438 Å². The maximum atomic E-state index is 2.54. The molecule has 0 atom stereocenters. The van der Waals surface area contributed by atoms with Gasteiger partial charge in [0.1, 0.15) is 0 Å². The van der Waals surface area contributed by atoms with E-state index in [9.17, 15) is 0 Å². The van der Waals surface area contributed by atoms with Crippen molar-refractivity contribution < 1.29 is 0 Å². The van der Waals surface area contributed by atoms with E-state index in [-0.39, 0.29) is 10.8 Å². The van der Waals surface area contributed by atoms with Gasteiger partial charge < -0.3 is 4.90 Å². The van der Waals surface area contributed by atoms with Crippen molar-refractivity contribution >= 4 is 23.1 Å². The Kier molecular flexibility index (Phi) is 10.8. The number of fused-ring (bicyclic) bond motifs is 11. The molecule has 0 fully saturated rings. The number of benzene rings is 10. The molecule has 1 spiro atoms. The van der Waals surface area contributed by atoms with E-state index in [1.54, 1.807) is 0 Å². The average molecular weight is 952 g/mol. The second-order valence-electron chi connectivity index (χ2n) is 22.8. The van der Waals surface area contributed by atoms with Gasteiger partial charge in [0.15, 0.2) is 0 Å². The topological polar surface area (TPSA) is 3.24 Å². The van der Waals surface area contributed by atoms with Crippen LogP contribution in [0.4, 0.5) is 17.1 Å². The molecule has 3 aliphatic carbocycles. The predicted octanol–water partition coefficient (Wildman–Crippen LogP) is 19.7. The van der Waals surface area contributed by atoms with Crippen molar-refractivity contribution in [2.45, 2.75) is 70.6 Å². The molecule has 0 radical (unpaired) electrons. The zero-order chi connectivity index (χ0) is 50.3. The molecule has 10 aromatic rings. The minimum Gasteiger partial charge on any atom is -0.310 e. The molecule has 358 valence electrons. The molecule has 1 heteroatoms. The van der Waals surface area contributed by atoms with E-state index in [1.165, 1.54) is 106 Å². The number of nitrogens with zero attached hydrogens (tertiary/aromatic N) is 1. The lowest BCUT2D eigenvalue weighted by Gasteiger charge is -2.33. The first-order chi connectivity index (χ1) is 36.0. The van der Waals surface area contributed by atoms with Crippen LogP contribution in [0.1, 0.15) is 92.5 Å². The molecule has 3 aliphatic rings. The van der Waals surface area contributed by atoms with Crippen LogP contribution in [0.5, 0.6) is 0 Å². The minimum absolute atomic E-state index is 0.0188. The quantitative estimate of drug-likeness (QED) is 0.154. The fraction of sp³-hybridized carbons (Fsp3) is 0.151. The maximum absolute atomic E-state index is 2.54. The summed E-state index contributed by atoms with van der Waals surface area (Å²) < 4.78 is 0. The zero-order valence-corrected chi connectivity index (χ0v) is 43.4. The molecule has 0 N–H and O–H groups in total. The third-order valence-electron chi connectivity index (χ3n) is 16.3. The molecular weight excluding hydrogens is 891 g/mol. The summed E-state index contributed by atoms with van der Waals surface area (Å²) in [5.74, 6) is 0. The van der Waals surface area contributed by atoms with Crippen molar-refractivity contribution in [1.82, 2.24) is 0 Å². The molecule has 13 rings (SSSR count). The highest BCUT2D eigenvalue weighted by Gasteiger charge is 2.52. The molecule has 0 saturated heterocycles. The van der Waals surface area contributed by atoms with E-state index >= 15 is 0 Å². The first-order valence-corrected chi connectivity index (χ1v) is 26.5. The highest BCUT2D eigenvalue weighted by atomic mass is 15.1. The SMILES string of the molecule is CC(C)(C)c1ccc2c(c1)C1(c3ccccc3-c3cc(N(c4ccc(-c5ccc6c(c5)C=CCC6)cc4)c4ccccc4-c4ccccc4-c4ccccc4-c4ccccc4)ccc31)c1cc(C(C)(C)C)ccc1-2. The third-order valence-corrected chi connectivity index (χ3v) is 16.3. The predicted molar refractivity (Wildman–Crippen MR) is 314 cm³/mol. The van der Waals surface area contributed by atoms with E-state index in [4.69, 9.17) is 0 Å². The van der Waals surface area contributed by atoms with Gasteiger partial charge in [0.25, 0.3) is 0 Å². The monoisotopic (exact) mass is 951 g/mol. The van der Waals surface area contributed by atoms with E-state index in [0.717, 1.165) is 35.5 Å². The van der Waals surface area contributed by atoms with Gasteiger partial charge in [0.2, 0.25) is 0 Å². The van der Waals surface area contributed by atoms with E-state index in [1.807, 2.05) is 0 Å². The van der Waals surface area contributed by atoms with Crippen LogP contribution in [0, 0.1) is 0 Å². The average Bonchev–Trinajstić information content (AvgIpc) is 3.94. The van der Waals surface area contributed by atoms with Crippen molar-refractivity contribution in [3.8, 4) is 66.8 Å². The van der Waals surface area contributed by atoms with Gasteiger partial charge in [-0.25, -0.2) is 0 Å². The Bertz CT molecular complexity index is 3790. The fourth-order valence-corrected chi connectivity index (χ4v) is 12.5. The molecule has 0 unspecified atom stereocenters. The Morgan fingerprint density at radius 3 is 1.53 bits per heavy atom. The van der Waals surface area contributed by atoms with Crippen molar-refractivity contribution in [2.24, 2.45) is 0 Å². The molecule has 0 heterocycles. The van der Waals surface area contributed by atoms with E-state index < -0.39 is 5.41 Å². The summed E-state index contributed by atoms with van der Waals surface area (Å²) in [5.41, 5.74) is 28.6. The van der Waals surface area contributed by atoms with Gasteiger partial charge >= 0.3 is 0 Å². The molecule has 1 nitrogen and oxygen atoms in total. The van der Waals surface area contributed by atoms with Gasteiger partial charge in [0.05, 0.1) is 11.1 Å². The Balaban J connectivity index is 1.04. The summed E-state index contributed by atoms with van der Waals surface area (Å²) in [4.78, 5) is 2.51. The maximum Gasteiger partial charge on any atom is 0.0725 e. The summed E-state index contributed by atoms with van der Waals surface area (Å²) >= 11 is 0. The zero-order valence-electron chi connectivity index (χ0n) is 43.4. The summed E-state index contributed by atoms with van der Waals surface area (Å²) in [7, 11) is 0. The summed E-state index contributed by atoms with van der Waals surface area (Å²) in [6.07, 6.45) is 6.80. The molecular formula is C73H61N. The molecule has 10 aromatic carbocycles. The van der Waals surface area contributed by atoms with Crippen molar-refractivity contribution in [2.75, 3.05) is 4.90 Å². The van der Waals surface area contributed by atoms with Crippen LogP contribution < -0.4 is 4.90 Å². The number of hydrogen-bond donors (Lipinski definition) is 0. The Morgan fingerprint density at radius 2 is 0.865 bits per heavy atom. The van der Waals surface area contributed by atoms with Gasteiger partial charge in [-0.2, -0.15) is 0 Å².